The van der Waals surface area contributed by atoms with Crippen molar-refractivity contribution in [2.24, 2.45) is 5.41 Å². The Morgan fingerprint density at radius 3 is 2.53 bits per heavy atom. The fraction of sp³-hybridized carbons (Fsp3) is 0.467. The topological polar surface area (TPSA) is 66.4 Å². The van der Waals surface area contributed by atoms with Crippen LogP contribution in [0.5, 0.6) is 0 Å². The highest BCUT2D eigenvalue weighted by Crippen LogP contribution is 2.40. The fourth-order valence-corrected chi connectivity index (χ4v) is 2.39. The van der Waals surface area contributed by atoms with Crippen molar-refractivity contribution in [1.29, 1.82) is 0 Å². The molecule has 1 aliphatic carbocycles. The zero-order valence-corrected chi connectivity index (χ0v) is 11.3. The van der Waals surface area contributed by atoms with Crippen molar-refractivity contribution in [3.8, 4) is 0 Å². The van der Waals surface area contributed by atoms with Crippen LogP contribution >= 0.6 is 0 Å². The second kappa shape index (κ2) is 5.03. The van der Waals surface area contributed by atoms with Gasteiger partial charge in [0.15, 0.2) is 0 Å². The van der Waals surface area contributed by atoms with Crippen molar-refractivity contribution in [3.63, 3.8) is 0 Å². The van der Waals surface area contributed by atoms with E-state index in [1.54, 1.807) is 0 Å². The molecule has 1 amide bonds. The largest absolute Gasteiger partial charge is 0.481 e. The van der Waals surface area contributed by atoms with E-state index in [2.05, 4.69) is 5.32 Å². The van der Waals surface area contributed by atoms with Crippen LogP contribution < -0.4 is 5.32 Å². The summed E-state index contributed by atoms with van der Waals surface area (Å²) < 4.78 is 0. The average molecular weight is 261 g/mol. The second-order valence-corrected chi connectivity index (χ2v) is 5.44. The third-order valence-corrected chi connectivity index (χ3v) is 3.99. The number of carbonyl (C=O) groups is 2. The number of amides is 1. The molecule has 1 fully saturated rings. The monoisotopic (exact) mass is 261 g/mol. The van der Waals surface area contributed by atoms with E-state index in [0.717, 1.165) is 17.5 Å². The SMILES string of the molecule is Cc1ccc(C)c(C(=O)NCC2(C(=O)O)CCC2)c1. The van der Waals surface area contributed by atoms with Crippen LogP contribution in [0.3, 0.4) is 0 Å². The molecule has 2 rings (SSSR count). The summed E-state index contributed by atoms with van der Waals surface area (Å²) in [5.74, 6) is -0.992. The Labute approximate surface area is 112 Å². The summed E-state index contributed by atoms with van der Waals surface area (Å²) in [5, 5.41) is 12.0. The average Bonchev–Trinajstić information content (AvgIpc) is 2.30. The van der Waals surface area contributed by atoms with Crippen LogP contribution in [0.4, 0.5) is 0 Å². The van der Waals surface area contributed by atoms with Crippen LogP contribution in [0.15, 0.2) is 18.2 Å². The summed E-state index contributed by atoms with van der Waals surface area (Å²) in [5.41, 5.74) is 1.81. The predicted molar refractivity (Wildman–Crippen MR) is 72.2 cm³/mol. The Morgan fingerprint density at radius 2 is 2.00 bits per heavy atom. The highest BCUT2D eigenvalue weighted by atomic mass is 16.4. The number of carbonyl (C=O) groups excluding carboxylic acids is 1. The smallest absolute Gasteiger partial charge is 0.311 e. The molecule has 19 heavy (non-hydrogen) atoms. The molecule has 1 aliphatic rings. The normalized spacial score (nSPS) is 16.5. The van der Waals surface area contributed by atoms with Crippen molar-refractivity contribution in [2.45, 2.75) is 33.1 Å². The molecule has 1 aromatic carbocycles. The lowest BCUT2D eigenvalue weighted by molar-refractivity contribution is -0.153. The first-order valence-corrected chi connectivity index (χ1v) is 6.53. The number of aliphatic carboxylic acids is 1. The lowest BCUT2D eigenvalue weighted by atomic mass is 9.69. The van der Waals surface area contributed by atoms with E-state index >= 15 is 0 Å². The molecule has 0 bridgehead atoms. The minimum Gasteiger partial charge on any atom is -0.481 e. The summed E-state index contributed by atoms with van der Waals surface area (Å²) in [4.78, 5) is 23.3. The molecule has 0 heterocycles. The first kappa shape index (κ1) is 13.6. The summed E-state index contributed by atoms with van der Waals surface area (Å²) in [7, 11) is 0. The number of rotatable bonds is 4. The van der Waals surface area contributed by atoms with E-state index in [-0.39, 0.29) is 12.5 Å². The molecule has 0 aromatic heterocycles. The Bertz CT molecular complexity index is 518. The zero-order valence-electron chi connectivity index (χ0n) is 11.3. The minimum absolute atomic E-state index is 0.186. The molecule has 0 spiro atoms. The van der Waals surface area contributed by atoms with Gasteiger partial charge in [-0.2, -0.15) is 0 Å². The van der Waals surface area contributed by atoms with Gasteiger partial charge in [0.05, 0.1) is 5.41 Å². The van der Waals surface area contributed by atoms with E-state index in [0.29, 0.717) is 18.4 Å². The van der Waals surface area contributed by atoms with Crippen LogP contribution in [0.1, 0.15) is 40.7 Å². The molecular formula is C15H19NO3. The van der Waals surface area contributed by atoms with Gasteiger partial charge in [-0.05, 0) is 38.3 Å². The molecule has 1 aromatic rings. The van der Waals surface area contributed by atoms with Gasteiger partial charge in [-0.3, -0.25) is 9.59 Å². The number of nitrogens with one attached hydrogen (secondary N) is 1. The van der Waals surface area contributed by atoms with Crippen LogP contribution in [0.2, 0.25) is 0 Å². The molecule has 1 saturated carbocycles. The van der Waals surface area contributed by atoms with Crippen molar-refractivity contribution in [2.75, 3.05) is 6.54 Å². The van der Waals surface area contributed by atoms with Gasteiger partial charge in [-0.1, -0.05) is 24.1 Å². The summed E-state index contributed by atoms with van der Waals surface area (Å²) in [6.07, 6.45) is 2.22. The van der Waals surface area contributed by atoms with Crippen molar-refractivity contribution in [3.05, 3.63) is 34.9 Å². The Balaban J connectivity index is 2.05. The third-order valence-electron chi connectivity index (χ3n) is 3.99. The van der Waals surface area contributed by atoms with Gasteiger partial charge in [-0.25, -0.2) is 0 Å². The van der Waals surface area contributed by atoms with E-state index < -0.39 is 11.4 Å². The van der Waals surface area contributed by atoms with Gasteiger partial charge in [0.25, 0.3) is 5.91 Å². The standard InChI is InChI=1S/C15H19NO3/c1-10-4-5-11(2)12(8-10)13(17)16-9-15(14(18)19)6-3-7-15/h4-5,8H,3,6-7,9H2,1-2H3,(H,16,17)(H,18,19). The number of benzene rings is 1. The molecule has 0 saturated heterocycles. The van der Waals surface area contributed by atoms with E-state index in [9.17, 15) is 14.7 Å². The lowest BCUT2D eigenvalue weighted by Crippen LogP contribution is -2.47. The predicted octanol–water partition coefficient (Wildman–Crippen LogP) is 2.29. The Morgan fingerprint density at radius 1 is 1.32 bits per heavy atom. The van der Waals surface area contributed by atoms with Crippen molar-refractivity contribution in [1.82, 2.24) is 5.32 Å². The zero-order chi connectivity index (χ0) is 14.0. The fourth-order valence-electron chi connectivity index (χ4n) is 2.39. The van der Waals surface area contributed by atoms with Crippen LogP contribution in [0.25, 0.3) is 0 Å². The van der Waals surface area contributed by atoms with Crippen molar-refractivity contribution < 1.29 is 14.7 Å². The van der Waals surface area contributed by atoms with Crippen LogP contribution in [0, 0.1) is 19.3 Å². The molecule has 0 radical (unpaired) electrons. The maximum Gasteiger partial charge on any atom is 0.311 e. The number of carboxylic acids is 1. The van der Waals surface area contributed by atoms with Gasteiger partial charge in [0.1, 0.15) is 0 Å². The molecule has 0 aliphatic heterocycles. The van der Waals surface area contributed by atoms with Crippen LogP contribution in [-0.4, -0.2) is 23.5 Å². The van der Waals surface area contributed by atoms with Gasteiger partial charge in [0.2, 0.25) is 0 Å². The third kappa shape index (κ3) is 2.62. The molecule has 0 atom stereocenters. The molecule has 4 heteroatoms. The van der Waals surface area contributed by atoms with Gasteiger partial charge >= 0.3 is 5.97 Å². The Kier molecular flexibility index (Phi) is 3.60. The molecule has 0 unspecified atom stereocenters. The number of hydrogen-bond donors (Lipinski definition) is 2. The minimum atomic E-state index is -0.806. The van der Waals surface area contributed by atoms with E-state index in [1.807, 2.05) is 32.0 Å². The summed E-state index contributed by atoms with van der Waals surface area (Å²) in [6, 6.07) is 5.69. The van der Waals surface area contributed by atoms with Gasteiger partial charge < -0.3 is 10.4 Å². The second-order valence-electron chi connectivity index (χ2n) is 5.44. The molecule has 102 valence electrons. The molecule has 2 N–H and O–H groups in total. The number of hydrogen-bond acceptors (Lipinski definition) is 2. The van der Waals surface area contributed by atoms with Gasteiger partial charge in [0, 0.05) is 12.1 Å². The Hall–Kier alpha value is -1.84. The summed E-state index contributed by atoms with van der Waals surface area (Å²) in [6.45, 7) is 4.03. The van der Waals surface area contributed by atoms with Crippen LogP contribution in [-0.2, 0) is 4.79 Å². The lowest BCUT2D eigenvalue weighted by Gasteiger charge is -2.37. The maximum absolute atomic E-state index is 12.1. The van der Waals surface area contributed by atoms with E-state index in [1.165, 1.54) is 0 Å². The first-order valence-electron chi connectivity index (χ1n) is 6.53. The number of carboxylic acid groups (broad SMARTS) is 1. The molecular weight excluding hydrogens is 242 g/mol. The number of aryl methyl sites for hydroxylation is 2. The van der Waals surface area contributed by atoms with E-state index in [4.69, 9.17) is 0 Å². The summed E-state index contributed by atoms with van der Waals surface area (Å²) >= 11 is 0. The maximum atomic E-state index is 12.1. The van der Waals surface area contributed by atoms with Crippen molar-refractivity contribution >= 4 is 11.9 Å². The van der Waals surface area contributed by atoms with Gasteiger partial charge in [-0.15, -0.1) is 0 Å². The molecule has 4 nitrogen and oxygen atoms in total. The highest BCUT2D eigenvalue weighted by molar-refractivity contribution is 5.96. The highest BCUT2D eigenvalue weighted by Gasteiger charge is 2.44. The quantitative estimate of drug-likeness (QED) is 0.874. The first-order chi connectivity index (χ1) is 8.94.